The van der Waals surface area contributed by atoms with Crippen LogP contribution in [0.1, 0.15) is 52.9 Å². The zero-order valence-electron chi connectivity index (χ0n) is 22.4. The summed E-state index contributed by atoms with van der Waals surface area (Å²) < 4.78 is 0. The van der Waals surface area contributed by atoms with Crippen molar-refractivity contribution in [3.8, 4) is 0 Å². The third kappa shape index (κ3) is 7.67. The Morgan fingerprint density at radius 3 is 2.28 bits per heavy atom. The number of fused-ring (bicyclic) bond motifs is 1. The normalized spacial score (nSPS) is 11.3. The highest BCUT2D eigenvalue weighted by Gasteiger charge is 2.19. The predicted octanol–water partition coefficient (Wildman–Crippen LogP) is 6.64. The van der Waals surface area contributed by atoms with Crippen LogP contribution in [0.25, 0.3) is 10.8 Å². The van der Waals surface area contributed by atoms with Crippen LogP contribution in [-0.2, 0) is 23.3 Å². The lowest BCUT2D eigenvalue weighted by Crippen LogP contribution is -2.33. The lowest BCUT2D eigenvalue weighted by molar-refractivity contribution is -0.136. The van der Waals surface area contributed by atoms with Gasteiger partial charge in [-0.2, -0.15) is 0 Å². The van der Waals surface area contributed by atoms with E-state index in [0.717, 1.165) is 21.2 Å². The molecule has 0 aliphatic heterocycles. The standard InChI is InChI=1S/C31H33N3O4S/c1-31(2,3)24-11-8-21(9-12-24)19-34(20-26-14-15-27(39-26)29(37)32-17-16-28(35)36)30(38)33-25-13-10-22-6-4-5-7-23(22)18-25/h4-15,18H,16-17,19-20H2,1-3H3,(H,32,37)(H,33,38)(H,35,36). The molecule has 0 bridgehead atoms. The molecule has 4 rings (SSSR count). The Hall–Kier alpha value is -4.17. The average molecular weight is 544 g/mol. The molecule has 39 heavy (non-hydrogen) atoms. The molecule has 0 spiro atoms. The summed E-state index contributed by atoms with van der Waals surface area (Å²) in [5, 5.41) is 16.6. The topological polar surface area (TPSA) is 98.7 Å². The van der Waals surface area contributed by atoms with E-state index in [1.54, 1.807) is 11.0 Å². The molecule has 0 radical (unpaired) electrons. The monoisotopic (exact) mass is 543 g/mol. The highest BCUT2D eigenvalue weighted by atomic mass is 32.1. The molecule has 0 aliphatic rings. The largest absolute Gasteiger partial charge is 0.481 e. The molecule has 0 unspecified atom stereocenters. The van der Waals surface area contributed by atoms with Crippen molar-refractivity contribution in [2.75, 3.05) is 11.9 Å². The van der Waals surface area contributed by atoms with E-state index in [1.165, 1.54) is 16.9 Å². The van der Waals surface area contributed by atoms with Gasteiger partial charge in [-0.15, -0.1) is 11.3 Å². The molecule has 7 nitrogen and oxygen atoms in total. The van der Waals surface area contributed by atoms with Crippen molar-refractivity contribution in [2.45, 2.75) is 45.7 Å². The molecule has 202 valence electrons. The maximum Gasteiger partial charge on any atom is 0.322 e. The summed E-state index contributed by atoms with van der Waals surface area (Å²) in [6.45, 7) is 7.26. The molecule has 0 fully saturated rings. The number of amides is 3. The second kappa shape index (κ2) is 12.1. The number of benzene rings is 3. The van der Waals surface area contributed by atoms with Crippen LogP contribution in [0.5, 0.6) is 0 Å². The number of carbonyl (C=O) groups excluding carboxylic acids is 2. The van der Waals surface area contributed by atoms with E-state index in [2.05, 4.69) is 43.5 Å². The van der Waals surface area contributed by atoms with Crippen molar-refractivity contribution in [3.05, 3.63) is 99.7 Å². The van der Waals surface area contributed by atoms with Gasteiger partial charge < -0.3 is 20.6 Å². The fourth-order valence-electron chi connectivity index (χ4n) is 4.14. The van der Waals surface area contributed by atoms with Crippen LogP contribution in [0.15, 0.2) is 78.9 Å². The van der Waals surface area contributed by atoms with Crippen molar-refractivity contribution in [3.63, 3.8) is 0 Å². The fourth-order valence-corrected chi connectivity index (χ4v) is 5.08. The molecule has 8 heteroatoms. The molecule has 1 aromatic heterocycles. The van der Waals surface area contributed by atoms with Gasteiger partial charge in [0.1, 0.15) is 0 Å². The number of carboxylic acids is 1. The van der Waals surface area contributed by atoms with E-state index in [4.69, 9.17) is 5.11 Å². The minimum absolute atomic E-state index is 0.0318. The minimum atomic E-state index is -0.967. The number of aliphatic carboxylic acids is 1. The Kier molecular flexibility index (Phi) is 8.66. The molecule has 0 atom stereocenters. The first-order valence-corrected chi connectivity index (χ1v) is 13.6. The number of hydrogen-bond acceptors (Lipinski definition) is 4. The van der Waals surface area contributed by atoms with Crippen molar-refractivity contribution in [2.24, 2.45) is 0 Å². The first-order chi connectivity index (χ1) is 18.6. The highest BCUT2D eigenvalue weighted by Crippen LogP contribution is 2.25. The SMILES string of the molecule is CC(C)(C)c1ccc(CN(Cc2ccc(C(=O)NCCC(=O)O)s2)C(=O)Nc2ccc3ccccc3c2)cc1. The number of carboxylic acid groups (broad SMARTS) is 1. The third-order valence-corrected chi connectivity index (χ3v) is 7.41. The zero-order valence-corrected chi connectivity index (χ0v) is 23.2. The van der Waals surface area contributed by atoms with Gasteiger partial charge in [-0.05, 0) is 51.6 Å². The third-order valence-electron chi connectivity index (χ3n) is 6.34. The summed E-state index contributed by atoms with van der Waals surface area (Å²) in [6.07, 6.45) is -0.138. The van der Waals surface area contributed by atoms with Crippen molar-refractivity contribution in [1.29, 1.82) is 0 Å². The van der Waals surface area contributed by atoms with E-state index in [9.17, 15) is 14.4 Å². The van der Waals surface area contributed by atoms with Crippen LogP contribution >= 0.6 is 11.3 Å². The molecular weight excluding hydrogens is 510 g/mol. The number of anilines is 1. The second-order valence-corrected chi connectivity index (χ2v) is 11.6. The Labute approximate surface area is 232 Å². The van der Waals surface area contributed by atoms with Gasteiger partial charge in [0.15, 0.2) is 0 Å². The number of rotatable bonds is 9. The summed E-state index contributed by atoms with van der Waals surface area (Å²) >= 11 is 1.29. The molecule has 3 amide bonds. The van der Waals surface area contributed by atoms with E-state index in [1.807, 2.05) is 60.7 Å². The van der Waals surface area contributed by atoms with Crippen LogP contribution in [0, 0.1) is 0 Å². The van der Waals surface area contributed by atoms with Crippen LogP contribution in [0.4, 0.5) is 10.5 Å². The van der Waals surface area contributed by atoms with Crippen LogP contribution in [0.2, 0.25) is 0 Å². The summed E-state index contributed by atoms with van der Waals surface area (Å²) in [6, 6.07) is 25.4. The number of nitrogens with one attached hydrogen (secondary N) is 2. The number of thiophene rings is 1. The van der Waals surface area contributed by atoms with Crippen molar-refractivity contribution < 1.29 is 19.5 Å². The summed E-state index contributed by atoms with van der Waals surface area (Å²) in [7, 11) is 0. The lowest BCUT2D eigenvalue weighted by atomic mass is 9.87. The Bertz CT molecular complexity index is 1470. The summed E-state index contributed by atoms with van der Waals surface area (Å²) in [4.78, 5) is 39.7. The highest BCUT2D eigenvalue weighted by molar-refractivity contribution is 7.14. The van der Waals surface area contributed by atoms with Gasteiger partial charge in [-0.3, -0.25) is 9.59 Å². The van der Waals surface area contributed by atoms with Gasteiger partial charge in [0.25, 0.3) is 5.91 Å². The van der Waals surface area contributed by atoms with Gasteiger partial charge in [0.2, 0.25) is 0 Å². The molecule has 0 aliphatic carbocycles. The lowest BCUT2D eigenvalue weighted by Gasteiger charge is -2.24. The molecule has 3 N–H and O–H groups in total. The number of nitrogens with zero attached hydrogens (tertiary/aromatic N) is 1. The van der Waals surface area contributed by atoms with Crippen LogP contribution in [0.3, 0.4) is 0 Å². The quantitative estimate of drug-likeness (QED) is 0.220. The van der Waals surface area contributed by atoms with Crippen LogP contribution in [-0.4, -0.2) is 34.5 Å². The summed E-state index contributed by atoms with van der Waals surface area (Å²) in [5.41, 5.74) is 2.95. The number of carbonyl (C=O) groups is 3. The molecule has 3 aromatic carbocycles. The first kappa shape index (κ1) is 27.9. The van der Waals surface area contributed by atoms with Gasteiger partial charge in [0, 0.05) is 23.7 Å². The zero-order chi connectivity index (χ0) is 28.0. The molecular formula is C31H33N3O4S. The van der Waals surface area contributed by atoms with E-state index in [0.29, 0.717) is 23.7 Å². The first-order valence-electron chi connectivity index (χ1n) is 12.8. The Morgan fingerprint density at radius 1 is 0.872 bits per heavy atom. The average Bonchev–Trinajstić information content (AvgIpc) is 3.36. The maximum atomic E-state index is 13.5. The number of urea groups is 1. The summed E-state index contributed by atoms with van der Waals surface area (Å²) in [5.74, 6) is -1.29. The molecule has 1 heterocycles. The van der Waals surface area contributed by atoms with Crippen molar-refractivity contribution in [1.82, 2.24) is 10.2 Å². The van der Waals surface area contributed by atoms with Crippen LogP contribution < -0.4 is 10.6 Å². The smallest absolute Gasteiger partial charge is 0.322 e. The van der Waals surface area contributed by atoms with Crippen molar-refractivity contribution >= 4 is 45.7 Å². The molecule has 0 saturated heterocycles. The second-order valence-electron chi connectivity index (χ2n) is 10.5. The van der Waals surface area contributed by atoms with E-state index >= 15 is 0 Å². The van der Waals surface area contributed by atoms with E-state index in [-0.39, 0.29) is 30.3 Å². The van der Waals surface area contributed by atoms with Gasteiger partial charge in [-0.25, -0.2) is 4.79 Å². The molecule has 0 saturated carbocycles. The maximum absolute atomic E-state index is 13.5. The van der Waals surface area contributed by atoms with Gasteiger partial charge >= 0.3 is 12.0 Å². The molecule has 4 aromatic rings. The van der Waals surface area contributed by atoms with E-state index < -0.39 is 5.97 Å². The number of hydrogen-bond donors (Lipinski definition) is 3. The Morgan fingerprint density at radius 2 is 1.59 bits per heavy atom. The minimum Gasteiger partial charge on any atom is -0.481 e. The van der Waals surface area contributed by atoms with Gasteiger partial charge in [-0.1, -0.05) is 75.4 Å². The van der Waals surface area contributed by atoms with Gasteiger partial charge in [0.05, 0.1) is 17.8 Å². The Balaban J connectivity index is 1.52. The predicted molar refractivity (Wildman–Crippen MR) is 156 cm³/mol. The fraction of sp³-hybridized carbons (Fsp3) is 0.258.